The molecule has 3 nitrogen and oxygen atoms in total. The molecule has 0 saturated carbocycles. The molecule has 104 valence electrons. The molecule has 0 aromatic heterocycles. The van der Waals surface area contributed by atoms with E-state index in [-0.39, 0.29) is 11.6 Å². The summed E-state index contributed by atoms with van der Waals surface area (Å²) in [6, 6.07) is 14.2. The monoisotopic (exact) mass is 273 g/mol. The predicted octanol–water partition coefficient (Wildman–Crippen LogP) is 3.37. The molecule has 0 amide bonds. The van der Waals surface area contributed by atoms with E-state index in [2.05, 4.69) is 5.32 Å². The van der Waals surface area contributed by atoms with E-state index < -0.39 is 11.8 Å². The van der Waals surface area contributed by atoms with E-state index in [4.69, 9.17) is 5.11 Å². The smallest absolute Gasteiger partial charge is 0.338 e. The lowest BCUT2D eigenvalue weighted by Gasteiger charge is -2.14. The zero-order chi connectivity index (χ0) is 14.5. The molecule has 2 N–H and O–H groups in total. The fraction of sp³-hybridized carbons (Fsp3) is 0.188. The summed E-state index contributed by atoms with van der Waals surface area (Å²) >= 11 is 0. The van der Waals surface area contributed by atoms with Gasteiger partial charge in [0.25, 0.3) is 0 Å². The minimum atomic E-state index is -1.25. The van der Waals surface area contributed by atoms with Crippen LogP contribution in [0.4, 0.5) is 4.39 Å². The van der Waals surface area contributed by atoms with Gasteiger partial charge in [-0.25, -0.2) is 9.18 Å². The Morgan fingerprint density at radius 3 is 2.55 bits per heavy atom. The highest BCUT2D eigenvalue weighted by molar-refractivity contribution is 5.87. The number of aromatic carboxylic acids is 1. The fourth-order valence-corrected chi connectivity index (χ4v) is 1.97. The molecule has 4 heteroatoms. The molecule has 0 fully saturated rings. The summed E-state index contributed by atoms with van der Waals surface area (Å²) in [5, 5.41) is 12.0. The van der Waals surface area contributed by atoms with Gasteiger partial charge in [-0.2, -0.15) is 0 Å². The quantitative estimate of drug-likeness (QED) is 0.878. The molecule has 2 aromatic carbocycles. The number of rotatable bonds is 5. The molecule has 0 aliphatic carbocycles. The topological polar surface area (TPSA) is 49.3 Å². The first-order chi connectivity index (χ1) is 9.58. The van der Waals surface area contributed by atoms with E-state index in [9.17, 15) is 9.18 Å². The lowest BCUT2D eigenvalue weighted by Crippen LogP contribution is -2.18. The molecule has 0 heterocycles. The fourth-order valence-electron chi connectivity index (χ4n) is 1.97. The maximum atomic E-state index is 13.5. The summed E-state index contributed by atoms with van der Waals surface area (Å²) in [5.41, 5.74) is 1.57. The van der Waals surface area contributed by atoms with Crippen molar-refractivity contribution in [1.82, 2.24) is 5.32 Å². The molecule has 1 unspecified atom stereocenters. The summed E-state index contributed by atoms with van der Waals surface area (Å²) in [6.45, 7) is 2.50. The van der Waals surface area contributed by atoms with Crippen LogP contribution in [-0.2, 0) is 6.54 Å². The number of carboxylic acid groups (broad SMARTS) is 1. The van der Waals surface area contributed by atoms with Gasteiger partial charge in [-0.15, -0.1) is 0 Å². The van der Waals surface area contributed by atoms with Crippen LogP contribution in [0.15, 0.2) is 48.5 Å². The molecule has 1 atom stereocenters. The van der Waals surface area contributed by atoms with Crippen molar-refractivity contribution in [3.05, 3.63) is 71.0 Å². The SMILES string of the molecule is CC(NCc1ccc(C(=O)O)c(F)c1)c1ccccc1. The van der Waals surface area contributed by atoms with Crippen LogP contribution >= 0.6 is 0 Å². The van der Waals surface area contributed by atoms with E-state index in [1.807, 2.05) is 37.3 Å². The summed E-state index contributed by atoms with van der Waals surface area (Å²) in [4.78, 5) is 10.7. The second-order valence-corrected chi connectivity index (χ2v) is 4.63. The van der Waals surface area contributed by atoms with Crippen LogP contribution in [0, 0.1) is 5.82 Å². The first-order valence-corrected chi connectivity index (χ1v) is 6.38. The van der Waals surface area contributed by atoms with Crippen molar-refractivity contribution in [1.29, 1.82) is 0 Å². The molecule has 2 rings (SSSR count). The molecule has 2 aromatic rings. The van der Waals surface area contributed by atoms with Crippen LogP contribution in [0.2, 0.25) is 0 Å². The van der Waals surface area contributed by atoms with Gasteiger partial charge in [0.2, 0.25) is 0 Å². The van der Waals surface area contributed by atoms with Crippen molar-refractivity contribution < 1.29 is 14.3 Å². The van der Waals surface area contributed by atoms with Gasteiger partial charge in [0.05, 0.1) is 5.56 Å². The van der Waals surface area contributed by atoms with Crippen molar-refractivity contribution in [2.24, 2.45) is 0 Å². The van der Waals surface area contributed by atoms with E-state index >= 15 is 0 Å². The Hall–Kier alpha value is -2.20. The Balaban J connectivity index is 2.01. The largest absolute Gasteiger partial charge is 0.478 e. The second kappa shape index (κ2) is 6.30. The number of nitrogens with one attached hydrogen (secondary N) is 1. The normalized spacial score (nSPS) is 12.1. The van der Waals surface area contributed by atoms with Crippen molar-refractivity contribution in [2.45, 2.75) is 19.5 Å². The average Bonchev–Trinajstić information content (AvgIpc) is 2.45. The van der Waals surface area contributed by atoms with Gasteiger partial charge in [-0.3, -0.25) is 0 Å². The first kappa shape index (κ1) is 14.2. The third-order valence-electron chi connectivity index (χ3n) is 3.18. The van der Waals surface area contributed by atoms with Crippen LogP contribution in [0.1, 0.15) is 34.5 Å². The molecular formula is C16H16FNO2. The predicted molar refractivity (Wildman–Crippen MR) is 75.1 cm³/mol. The maximum absolute atomic E-state index is 13.5. The van der Waals surface area contributed by atoms with Gasteiger partial charge < -0.3 is 10.4 Å². The number of hydrogen-bond donors (Lipinski definition) is 2. The van der Waals surface area contributed by atoms with Crippen LogP contribution in [-0.4, -0.2) is 11.1 Å². The van der Waals surface area contributed by atoms with Crippen molar-refractivity contribution >= 4 is 5.97 Å². The van der Waals surface area contributed by atoms with Crippen LogP contribution in [0.25, 0.3) is 0 Å². The Labute approximate surface area is 117 Å². The van der Waals surface area contributed by atoms with E-state index in [1.165, 1.54) is 12.1 Å². The molecule has 0 bridgehead atoms. The summed E-state index contributed by atoms with van der Waals surface area (Å²) in [5.74, 6) is -1.95. The molecule has 0 aliphatic heterocycles. The standard InChI is InChI=1S/C16H16FNO2/c1-11(13-5-3-2-4-6-13)18-10-12-7-8-14(16(19)20)15(17)9-12/h2-9,11,18H,10H2,1H3,(H,19,20). The highest BCUT2D eigenvalue weighted by Gasteiger charge is 2.11. The van der Waals surface area contributed by atoms with Gasteiger partial charge in [0.1, 0.15) is 5.82 Å². The van der Waals surface area contributed by atoms with Crippen LogP contribution in [0.5, 0.6) is 0 Å². The highest BCUT2D eigenvalue weighted by atomic mass is 19.1. The van der Waals surface area contributed by atoms with Crippen molar-refractivity contribution in [2.75, 3.05) is 0 Å². The van der Waals surface area contributed by atoms with Gasteiger partial charge in [-0.1, -0.05) is 36.4 Å². The van der Waals surface area contributed by atoms with Crippen LogP contribution in [0.3, 0.4) is 0 Å². The van der Waals surface area contributed by atoms with E-state index in [0.29, 0.717) is 6.54 Å². The highest BCUT2D eigenvalue weighted by Crippen LogP contribution is 2.14. The lowest BCUT2D eigenvalue weighted by atomic mass is 10.1. The minimum Gasteiger partial charge on any atom is -0.478 e. The second-order valence-electron chi connectivity index (χ2n) is 4.63. The van der Waals surface area contributed by atoms with Gasteiger partial charge in [0, 0.05) is 12.6 Å². The molecule has 20 heavy (non-hydrogen) atoms. The molecule has 0 saturated heterocycles. The maximum Gasteiger partial charge on any atom is 0.338 e. The van der Waals surface area contributed by atoms with E-state index in [0.717, 1.165) is 11.1 Å². The minimum absolute atomic E-state index is 0.137. The summed E-state index contributed by atoms with van der Waals surface area (Å²) in [6.07, 6.45) is 0. The molecule has 0 aliphatic rings. The Kier molecular flexibility index (Phi) is 4.48. The van der Waals surface area contributed by atoms with Gasteiger partial charge >= 0.3 is 5.97 Å². The van der Waals surface area contributed by atoms with Crippen LogP contribution < -0.4 is 5.32 Å². The van der Waals surface area contributed by atoms with Crippen molar-refractivity contribution in [3.8, 4) is 0 Å². The molecular weight excluding hydrogens is 257 g/mol. The number of benzene rings is 2. The third kappa shape index (κ3) is 3.42. The Bertz CT molecular complexity index is 599. The third-order valence-corrected chi connectivity index (χ3v) is 3.18. The van der Waals surface area contributed by atoms with Gasteiger partial charge in [0.15, 0.2) is 0 Å². The zero-order valence-electron chi connectivity index (χ0n) is 11.1. The zero-order valence-corrected chi connectivity index (χ0v) is 11.1. The first-order valence-electron chi connectivity index (χ1n) is 6.38. The number of carboxylic acids is 1. The number of carbonyl (C=O) groups is 1. The summed E-state index contributed by atoms with van der Waals surface area (Å²) < 4.78 is 13.5. The summed E-state index contributed by atoms with van der Waals surface area (Å²) in [7, 11) is 0. The van der Waals surface area contributed by atoms with E-state index in [1.54, 1.807) is 6.07 Å². The number of hydrogen-bond acceptors (Lipinski definition) is 2. The Morgan fingerprint density at radius 2 is 1.95 bits per heavy atom. The van der Waals surface area contributed by atoms with Gasteiger partial charge in [-0.05, 0) is 30.2 Å². The number of halogens is 1. The Morgan fingerprint density at radius 1 is 1.25 bits per heavy atom. The lowest BCUT2D eigenvalue weighted by molar-refractivity contribution is 0.0692. The molecule has 0 spiro atoms. The molecule has 0 radical (unpaired) electrons. The average molecular weight is 273 g/mol. The van der Waals surface area contributed by atoms with Crippen molar-refractivity contribution in [3.63, 3.8) is 0 Å².